The molecule has 1 aromatic heterocycles. The Kier molecular flexibility index (Phi) is 9.61. The lowest BCUT2D eigenvalue weighted by molar-refractivity contribution is -0.141. The Morgan fingerprint density at radius 1 is 0.725 bits per heavy atom. The van der Waals surface area contributed by atoms with E-state index in [4.69, 9.17) is 0 Å². The lowest BCUT2D eigenvalue weighted by Gasteiger charge is -2.31. The highest BCUT2D eigenvalue weighted by Gasteiger charge is 2.49. The molecule has 0 radical (unpaired) electrons. The molecule has 0 saturated carbocycles. The fourth-order valence-electron chi connectivity index (χ4n) is 6.69. The van der Waals surface area contributed by atoms with Crippen LogP contribution in [-0.2, 0) is 22.8 Å². The smallest absolute Gasteiger partial charge is 0.416 e. The fourth-order valence-corrected chi connectivity index (χ4v) is 6.69. The number of hydrogen-bond donors (Lipinski definition) is 2. The number of aryl methyl sites for hydroxylation is 1. The molecule has 1 aliphatic rings. The standard InChI is InChI=1S/C39H31F6N3O3/c40-38(41,42)24-46-36(50)37(32-14-5-3-11-29(32)30-12-4-6-15-33(30)37)22-8-7-9-25-16-21-34(48(51)23-25)47-35(49)31-13-2-1-10-28(31)26-17-19-27(20-18-26)39(43,44)45/h1-6,10-21,23,51H,7-9,22,24H2,(H,46,50). The van der Waals surface area contributed by atoms with Crippen molar-refractivity contribution in [2.24, 2.45) is 4.99 Å². The molecule has 1 heterocycles. The molecule has 262 valence electrons. The van der Waals surface area contributed by atoms with Crippen molar-refractivity contribution in [1.29, 1.82) is 0 Å². The number of carbonyl (C=O) groups excluding carboxylic acids is 2. The summed E-state index contributed by atoms with van der Waals surface area (Å²) >= 11 is 0. The number of fused-ring (bicyclic) bond motifs is 3. The van der Waals surface area contributed by atoms with Gasteiger partial charge in [0.05, 0.1) is 5.56 Å². The number of carbonyl (C=O) groups is 2. The third kappa shape index (κ3) is 7.30. The van der Waals surface area contributed by atoms with E-state index in [-0.39, 0.29) is 17.5 Å². The van der Waals surface area contributed by atoms with Gasteiger partial charge in [-0.1, -0.05) is 91.3 Å². The molecule has 6 nitrogen and oxygen atoms in total. The monoisotopic (exact) mass is 703 g/mol. The molecule has 6 rings (SSSR count). The topological polar surface area (TPSA) is 83.7 Å². The molecule has 0 saturated heterocycles. The van der Waals surface area contributed by atoms with E-state index in [9.17, 15) is 41.1 Å². The summed E-state index contributed by atoms with van der Waals surface area (Å²) in [6, 6.07) is 28.3. The number of unbranched alkanes of at least 4 members (excludes halogenated alkanes) is 1. The Bertz CT molecular complexity index is 2110. The largest absolute Gasteiger partial charge is 0.427 e. The number of benzene rings is 4. The molecule has 1 aliphatic carbocycles. The Balaban J connectivity index is 1.18. The van der Waals surface area contributed by atoms with Crippen molar-refractivity contribution in [3.63, 3.8) is 0 Å². The van der Waals surface area contributed by atoms with Crippen molar-refractivity contribution in [2.75, 3.05) is 6.54 Å². The second-order valence-corrected chi connectivity index (χ2v) is 12.3. The van der Waals surface area contributed by atoms with Gasteiger partial charge in [0.1, 0.15) is 12.0 Å². The van der Waals surface area contributed by atoms with E-state index < -0.39 is 41.7 Å². The Morgan fingerprint density at radius 3 is 1.90 bits per heavy atom. The maximum Gasteiger partial charge on any atom is 0.416 e. The third-order valence-electron chi connectivity index (χ3n) is 9.03. The zero-order valence-electron chi connectivity index (χ0n) is 26.9. The average molecular weight is 704 g/mol. The van der Waals surface area contributed by atoms with E-state index in [0.717, 1.165) is 23.3 Å². The van der Waals surface area contributed by atoms with Gasteiger partial charge in [-0.3, -0.25) is 9.59 Å². The summed E-state index contributed by atoms with van der Waals surface area (Å²) in [5.74, 6) is -1.44. The van der Waals surface area contributed by atoms with Crippen LogP contribution in [0.5, 0.6) is 0 Å². The van der Waals surface area contributed by atoms with Crippen LogP contribution in [0, 0.1) is 0 Å². The number of alkyl halides is 6. The predicted molar refractivity (Wildman–Crippen MR) is 178 cm³/mol. The van der Waals surface area contributed by atoms with Crippen molar-refractivity contribution >= 4 is 11.8 Å². The van der Waals surface area contributed by atoms with E-state index in [1.165, 1.54) is 30.5 Å². The van der Waals surface area contributed by atoms with Gasteiger partial charge in [-0.2, -0.15) is 36.1 Å². The molecule has 4 aromatic carbocycles. The minimum atomic E-state index is -4.58. The van der Waals surface area contributed by atoms with Crippen molar-refractivity contribution in [2.45, 2.75) is 43.5 Å². The summed E-state index contributed by atoms with van der Waals surface area (Å²) in [7, 11) is 0. The van der Waals surface area contributed by atoms with Gasteiger partial charge in [-0.05, 0) is 82.5 Å². The molecule has 51 heavy (non-hydrogen) atoms. The second-order valence-electron chi connectivity index (χ2n) is 12.3. The van der Waals surface area contributed by atoms with Gasteiger partial charge < -0.3 is 10.5 Å². The minimum absolute atomic E-state index is 0.0783. The molecule has 0 spiro atoms. The fraction of sp³-hybridized carbons (Fsp3) is 0.205. The van der Waals surface area contributed by atoms with Crippen molar-refractivity contribution in [3.05, 3.63) is 149 Å². The quantitative estimate of drug-likeness (QED) is 0.0918. The van der Waals surface area contributed by atoms with Crippen LogP contribution >= 0.6 is 0 Å². The van der Waals surface area contributed by atoms with Gasteiger partial charge >= 0.3 is 12.4 Å². The van der Waals surface area contributed by atoms with Gasteiger partial charge in [-0.15, -0.1) is 0 Å². The normalized spacial score (nSPS) is 13.8. The Labute approximate surface area is 288 Å². The van der Waals surface area contributed by atoms with E-state index in [1.54, 1.807) is 48.5 Å². The summed E-state index contributed by atoms with van der Waals surface area (Å²) in [6.07, 6.45) is -6.03. The van der Waals surface area contributed by atoms with E-state index >= 15 is 0 Å². The van der Waals surface area contributed by atoms with Crippen LogP contribution in [0.25, 0.3) is 22.3 Å². The Morgan fingerprint density at radius 2 is 1.31 bits per heavy atom. The van der Waals surface area contributed by atoms with Crippen molar-refractivity contribution in [3.8, 4) is 22.3 Å². The molecule has 0 fully saturated rings. The first-order valence-corrected chi connectivity index (χ1v) is 16.1. The number of amides is 2. The number of nitrogens with zero attached hydrogens (tertiary/aromatic N) is 2. The molecule has 0 aliphatic heterocycles. The zero-order valence-corrected chi connectivity index (χ0v) is 26.9. The lowest BCUT2D eigenvalue weighted by Crippen LogP contribution is -2.47. The van der Waals surface area contributed by atoms with Crippen LogP contribution in [0.15, 0.2) is 120 Å². The van der Waals surface area contributed by atoms with Crippen molar-refractivity contribution < 1.29 is 41.1 Å². The lowest BCUT2D eigenvalue weighted by atomic mass is 9.73. The highest BCUT2D eigenvalue weighted by atomic mass is 19.4. The molecule has 0 atom stereocenters. The van der Waals surface area contributed by atoms with Crippen LogP contribution in [0.3, 0.4) is 0 Å². The predicted octanol–water partition coefficient (Wildman–Crippen LogP) is 8.51. The molecule has 0 bridgehead atoms. The maximum atomic E-state index is 13.7. The third-order valence-corrected chi connectivity index (χ3v) is 9.03. The number of nitrogens with one attached hydrogen (secondary N) is 1. The first kappa shape index (κ1) is 35.2. The zero-order chi connectivity index (χ0) is 36.4. The highest BCUT2D eigenvalue weighted by molar-refractivity contribution is 6.02. The summed E-state index contributed by atoms with van der Waals surface area (Å²) in [5.41, 5.74) is 2.24. The van der Waals surface area contributed by atoms with Gasteiger partial charge in [-0.25, -0.2) is 0 Å². The second kappa shape index (κ2) is 13.9. The van der Waals surface area contributed by atoms with Gasteiger partial charge in [0.25, 0.3) is 5.91 Å². The van der Waals surface area contributed by atoms with E-state index in [0.29, 0.717) is 51.8 Å². The van der Waals surface area contributed by atoms with Crippen LogP contribution in [0.2, 0.25) is 0 Å². The van der Waals surface area contributed by atoms with Gasteiger partial charge in [0.2, 0.25) is 5.91 Å². The molecule has 5 aromatic rings. The summed E-state index contributed by atoms with van der Waals surface area (Å²) < 4.78 is 79.4. The first-order valence-electron chi connectivity index (χ1n) is 16.1. The summed E-state index contributed by atoms with van der Waals surface area (Å²) in [5, 5.41) is 12.8. The number of aromatic nitrogens is 1. The number of halogens is 6. The van der Waals surface area contributed by atoms with Gasteiger partial charge in [0, 0.05) is 11.8 Å². The van der Waals surface area contributed by atoms with Crippen molar-refractivity contribution in [1.82, 2.24) is 10.0 Å². The summed E-state index contributed by atoms with van der Waals surface area (Å²) in [4.78, 5) is 30.9. The molecule has 0 unspecified atom stereocenters. The number of rotatable bonds is 9. The highest BCUT2D eigenvalue weighted by Crippen LogP contribution is 2.51. The molecule has 2 N–H and O–H groups in total. The number of pyridine rings is 1. The summed E-state index contributed by atoms with van der Waals surface area (Å²) in [6.45, 7) is -1.45. The van der Waals surface area contributed by atoms with Crippen LogP contribution in [0.4, 0.5) is 26.3 Å². The van der Waals surface area contributed by atoms with Crippen LogP contribution < -0.4 is 10.8 Å². The molecular formula is C39H31F6N3O3. The molecule has 2 amide bonds. The number of hydrogen-bond acceptors (Lipinski definition) is 3. The van der Waals surface area contributed by atoms with E-state index in [2.05, 4.69) is 10.3 Å². The van der Waals surface area contributed by atoms with Crippen LogP contribution in [0.1, 0.15) is 51.9 Å². The SMILES string of the molecule is O=C(N=c1ccc(CCCCC2(C(=O)NCC(F)(F)F)c3ccccc3-c3ccccc32)cn1O)c1ccccc1-c1ccc(C(F)(F)F)cc1. The maximum absolute atomic E-state index is 13.7. The average Bonchev–Trinajstić information content (AvgIpc) is 3.40. The molecular weight excluding hydrogens is 672 g/mol. The van der Waals surface area contributed by atoms with Gasteiger partial charge in [0.15, 0.2) is 5.49 Å². The minimum Gasteiger partial charge on any atom is -0.427 e. The van der Waals surface area contributed by atoms with Crippen LogP contribution in [-0.4, -0.2) is 34.5 Å². The Hall–Kier alpha value is -5.65. The first-order chi connectivity index (χ1) is 24.3. The molecule has 12 heteroatoms. The van der Waals surface area contributed by atoms with E-state index in [1.807, 2.05) is 24.3 Å².